The molecule has 1 saturated heterocycles. The summed E-state index contributed by atoms with van der Waals surface area (Å²) in [7, 11) is 0. The fraction of sp³-hybridized carbons (Fsp3) is 0.333. The first-order chi connectivity index (χ1) is 12.8. The largest absolute Gasteiger partial charge is 0.507 e. The number of halogens is 3. The molecule has 27 heavy (non-hydrogen) atoms. The lowest BCUT2D eigenvalue weighted by molar-refractivity contribution is 0.0676. The van der Waals surface area contributed by atoms with Gasteiger partial charge in [-0.15, -0.1) is 0 Å². The number of phenolic OH excluding ortho intramolecular Hbond substituents is 1. The van der Waals surface area contributed by atoms with Crippen LogP contribution in [-0.4, -0.2) is 34.0 Å². The number of aromatic hydroxyl groups is 1. The molecule has 0 unspecified atom stereocenters. The van der Waals surface area contributed by atoms with Gasteiger partial charge in [0.25, 0.3) is 5.91 Å². The fourth-order valence-electron chi connectivity index (χ4n) is 3.34. The number of carbonyl (C=O) groups is 1. The molecule has 2 heterocycles. The minimum absolute atomic E-state index is 0.0604. The second-order valence-corrected chi connectivity index (χ2v) is 7.30. The molecule has 1 atom stereocenters. The Balaban J connectivity index is 1.70. The van der Waals surface area contributed by atoms with Crippen molar-refractivity contribution in [2.75, 3.05) is 13.1 Å². The van der Waals surface area contributed by atoms with Crippen molar-refractivity contribution in [1.82, 2.24) is 9.88 Å². The third-order valence-corrected chi connectivity index (χ3v) is 5.64. The first kappa shape index (κ1) is 19.7. The van der Waals surface area contributed by atoms with Gasteiger partial charge in [0.05, 0.1) is 15.6 Å². The molecule has 0 radical (unpaired) electrons. The molecule has 1 aliphatic rings. The quantitative estimate of drug-likeness (QED) is 0.673. The van der Waals surface area contributed by atoms with Crippen LogP contribution < -0.4 is 11.3 Å². The summed E-state index contributed by atoms with van der Waals surface area (Å²) in [4.78, 5) is 27.7. The number of benzene rings is 1. The number of pyridine rings is 1. The number of hydrogen-bond donors (Lipinski definition) is 3. The van der Waals surface area contributed by atoms with E-state index in [1.807, 2.05) is 0 Å². The summed E-state index contributed by atoms with van der Waals surface area (Å²) in [5.41, 5.74) is 6.25. The SMILES string of the molecule is N[C@@H](c1c(O)cc(Cl)c(Cl)c1F)C1CCN(C(=O)c2ccc(=O)[nH]c2)CC1. The first-order valence-electron chi connectivity index (χ1n) is 8.39. The standard InChI is InChI=1S/C18H18Cl2FN3O3/c19-11-7-12(25)14(16(21)15(11)20)17(22)9-3-5-24(6-4-9)18(27)10-1-2-13(26)23-8-10/h1-2,7-9,17,25H,3-6,22H2,(H,23,26)/t17-/m1/s1. The van der Waals surface area contributed by atoms with Gasteiger partial charge in [-0.1, -0.05) is 23.2 Å². The van der Waals surface area contributed by atoms with Gasteiger partial charge < -0.3 is 20.7 Å². The molecular formula is C18H18Cl2FN3O3. The number of H-pyrrole nitrogens is 1. The highest BCUT2D eigenvalue weighted by Gasteiger charge is 2.31. The molecule has 1 amide bonds. The van der Waals surface area contributed by atoms with Crippen LogP contribution in [0.3, 0.4) is 0 Å². The monoisotopic (exact) mass is 413 g/mol. The molecule has 4 N–H and O–H groups in total. The van der Waals surface area contributed by atoms with Gasteiger partial charge in [-0.25, -0.2) is 4.39 Å². The molecule has 1 fully saturated rings. The Hall–Kier alpha value is -2.09. The Morgan fingerprint density at radius 2 is 2.00 bits per heavy atom. The number of nitrogens with zero attached hydrogens (tertiary/aromatic N) is 1. The lowest BCUT2D eigenvalue weighted by Gasteiger charge is -2.35. The van der Waals surface area contributed by atoms with Crippen LogP contribution in [0.2, 0.25) is 10.0 Å². The maximum absolute atomic E-state index is 14.4. The van der Waals surface area contributed by atoms with Crippen molar-refractivity contribution >= 4 is 29.1 Å². The van der Waals surface area contributed by atoms with E-state index in [2.05, 4.69) is 4.98 Å². The Labute approximate surface area is 164 Å². The zero-order valence-corrected chi connectivity index (χ0v) is 15.7. The summed E-state index contributed by atoms with van der Waals surface area (Å²) in [6.07, 6.45) is 2.45. The van der Waals surface area contributed by atoms with Gasteiger partial charge in [-0.2, -0.15) is 0 Å². The third kappa shape index (κ3) is 3.95. The number of nitrogens with one attached hydrogen (secondary N) is 1. The van der Waals surface area contributed by atoms with Crippen molar-refractivity contribution in [3.8, 4) is 5.75 Å². The average Bonchev–Trinajstić information content (AvgIpc) is 2.66. The molecule has 144 valence electrons. The molecular weight excluding hydrogens is 396 g/mol. The number of carbonyl (C=O) groups excluding carboxylic acids is 1. The lowest BCUT2D eigenvalue weighted by Crippen LogP contribution is -2.41. The molecule has 3 rings (SSSR count). The van der Waals surface area contributed by atoms with Gasteiger partial charge in [0, 0.05) is 43.0 Å². The summed E-state index contributed by atoms with van der Waals surface area (Å²) in [6.45, 7) is 0.861. The van der Waals surface area contributed by atoms with Crippen LogP contribution in [0.1, 0.15) is 34.8 Å². The molecule has 9 heteroatoms. The van der Waals surface area contributed by atoms with E-state index < -0.39 is 11.9 Å². The van der Waals surface area contributed by atoms with Gasteiger partial charge in [0.2, 0.25) is 5.56 Å². The third-order valence-electron chi connectivity index (χ3n) is 4.88. The maximum atomic E-state index is 14.4. The van der Waals surface area contributed by atoms with Crippen molar-refractivity contribution in [1.29, 1.82) is 0 Å². The van der Waals surface area contributed by atoms with E-state index in [4.69, 9.17) is 28.9 Å². The summed E-state index contributed by atoms with van der Waals surface area (Å²) in [5, 5.41) is 9.70. The summed E-state index contributed by atoms with van der Waals surface area (Å²) >= 11 is 11.6. The highest BCUT2D eigenvalue weighted by Crippen LogP contribution is 2.40. The second-order valence-electron chi connectivity index (χ2n) is 6.52. The van der Waals surface area contributed by atoms with Crippen LogP contribution in [0.5, 0.6) is 5.75 Å². The van der Waals surface area contributed by atoms with Gasteiger partial charge >= 0.3 is 0 Å². The van der Waals surface area contributed by atoms with E-state index in [9.17, 15) is 19.1 Å². The van der Waals surface area contributed by atoms with Crippen molar-refractivity contribution < 1.29 is 14.3 Å². The van der Waals surface area contributed by atoms with Gasteiger partial charge in [-0.05, 0) is 24.8 Å². The van der Waals surface area contributed by atoms with E-state index >= 15 is 0 Å². The van der Waals surface area contributed by atoms with Crippen LogP contribution >= 0.6 is 23.2 Å². The molecule has 1 aromatic heterocycles. The Morgan fingerprint density at radius 1 is 1.33 bits per heavy atom. The normalized spacial score (nSPS) is 16.4. The van der Waals surface area contributed by atoms with Crippen LogP contribution in [0.25, 0.3) is 0 Å². The van der Waals surface area contributed by atoms with Crippen molar-refractivity contribution in [2.24, 2.45) is 11.7 Å². The van der Waals surface area contributed by atoms with Gasteiger partial charge in [0.15, 0.2) is 5.82 Å². The average molecular weight is 414 g/mol. The molecule has 0 saturated carbocycles. The minimum atomic E-state index is -0.819. The molecule has 2 aromatic rings. The molecule has 0 bridgehead atoms. The first-order valence-corrected chi connectivity index (χ1v) is 9.15. The summed E-state index contributed by atoms with van der Waals surface area (Å²) in [6, 6.07) is 3.18. The van der Waals surface area contributed by atoms with Gasteiger partial charge in [0.1, 0.15) is 5.75 Å². The topological polar surface area (TPSA) is 99.4 Å². The van der Waals surface area contributed by atoms with Crippen LogP contribution in [0.15, 0.2) is 29.2 Å². The van der Waals surface area contributed by atoms with Crippen molar-refractivity contribution in [2.45, 2.75) is 18.9 Å². The number of phenols is 1. The number of amides is 1. The lowest BCUT2D eigenvalue weighted by atomic mass is 9.85. The smallest absolute Gasteiger partial charge is 0.255 e. The number of aromatic amines is 1. The number of likely N-dealkylation sites (tertiary alicyclic amines) is 1. The fourth-order valence-corrected chi connectivity index (χ4v) is 3.68. The van der Waals surface area contributed by atoms with E-state index in [-0.39, 0.29) is 38.7 Å². The zero-order chi connectivity index (χ0) is 19.7. The Kier molecular flexibility index (Phi) is 5.74. The van der Waals surface area contributed by atoms with Gasteiger partial charge in [-0.3, -0.25) is 9.59 Å². The Bertz CT molecular complexity index is 906. The second kappa shape index (κ2) is 7.88. The predicted molar refractivity (Wildman–Crippen MR) is 101 cm³/mol. The maximum Gasteiger partial charge on any atom is 0.255 e. The van der Waals surface area contributed by atoms with Crippen molar-refractivity contribution in [3.63, 3.8) is 0 Å². The number of piperidine rings is 1. The minimum Gasteiger partial charge on any atom is -0.507 e. The van der Waals surface area contributed by atoms with E-state index in [0.29, 0.717) is 31.5 Å². The number of aromatic nitrogens is 1. The summed E-state index contributed by atoms with van der Waals surface area (Å²) < 4.78 is 14.4. The zero-order valence-electron chi connectivity index (χ0n) is 14.2. The van der Waals surface area contributed by atoms with Crippen LogP contribution in [-0.2, 0) is 0 Å². The van der Waals surface area contributed by atoms with E-state index in [1.165, 1.54) is 24.4 Å². The van der Waals surface area contributed by atoms with Crippen LogP contribution in [0, 0.1) is 11.7 Å². The van der Waals surface area contributed by atoms with Crippen LogP contribution in [0.4, 0.5) is 4.39 Å². The highest BCUT2D eigenvalue weighted by molar-refractivity contribution is 6.42. The number of hydrogen-bond acceptors (Lipinski definition) is 4. The number of rotatable bonds is 3. The Morgan fingerprint density at radius 3 is 2.59 bits per heavy atom. The molecule has 0 aliphatic carbocycles. The molecule has 1 aromatic carbocycles. The van der Waals surface area contributed by atoms with Crippen molar-refractivity contribution in [3.05, 3.63) is 61.7 Å². The highest BCUT2D eigenvalue weighted by atomic mass is 35.5. The van der Waals surface area contributed by atoms with E-state index in [0.717, 1.165) is 0 Å². The summed E-state index contributed by atoms with van der Waals surface area (Å²) in [5.74, 6) is -1.48. The molecule has 1 aliphatic heterocycles. The number of nitrogens with two attached hydrogens (primary N) is 1. The molecule has 6 nitrogen and oxygen atoms in total. The molecule has 0 spiro atoms. The van der Waals surface area contributed by atoms with E-state index in [1.54, 1.807) is 4.90 Å². The predicted octanol–water partition coefficient (Wildman–Crippen LogP) is 3.08.